The highest BCUT2D eigenvalue weighted by Gasteiger charge is 2.39. The van der Waals surface area contributed by atoms with E-state index in [9.17, 15) is 16.8 Å². The molecule has 124 valence electrons. The predicted molar refractivity (Wildman–Crippen MR) is 82.0 cm³/mol. The molecule has 0 amide bonds. The molecule has 0 unspecified atom stereocenters. The highest BCUT2D eigenvalue weighted by molar-refractivity contribution is 7.92. The molecule has 0 aromatic heterocycles. The summed E-state index contributed by atoms with van der Waals surface area (Å²) in [6.07, 6.45) is 0. The summed E-state index contributed by atoms with van der Waals surface area (Å²) in [5.41, 5.74) is 0. The molecule has 0 bridgehead atoms. The lowest BCUT2D eigenvalue weighted by Gasteiger charge is -2.17. The molecule has 7 nitrogen and oxygen atoms in total. The summed E-state index contributed by atoms with van der Waals surface area (Å²) >= 11 is 5.93. The van der Waals surface area contributed by atoms with Gasteiger partial charge in [0.1, 0.15) is 16.4 Å². The zero-order valence-electron chi connectivity index (χ0n) is 11.9. The molecule has 1 N–H and O–H groups in total. The number of ether oxygens (including phenoxy) is 2. The van der Waals surface area contributed by atoms with Crippen LogP contribution in [0.1, 0.15) is 0 Å². The number of alkyl halides is 1. The number of benzene rings is 1. The lowest BCUT2D eigenvalue weighted by Crippen LogP contribution is -2.40. The fourth-order valence-corrected chi connectivity index (χ4v) is 6.36. The van der Waals surface area contributed by atoms with E-state index in [-0.39, 0.29) is 22.2 Å². The molecule has 1 saturated heterocycles. The molecular formula is C12H16ClNO6S2. The first-order valence-corrected chi connectivity index (χ1v) is 10.0. The van der Waals surface area contributed by atoms with Crippen molar-refractivity contribution in [3.63, 3.8) is 0 Å². The van der Waals surface area contributed by atoms with E-state index in [0.29, 0.717) is 5.75 Å². The highest BCUT2D eigenvalue weighted by Crippen LogP contribution is 2.29. The second-order valence-electron chi connectivity index (χ2n) is 4.84. The largest absolute Gasteiger partial charge is 0.497 e. The third-order valence-corrected chi connectivity index (χ3v) is 7.14. The van der Waals surface area contributed by atoms with Crippen LogP contribution in [0.15, 0.2) is 23.1 Å². The van der Waals surface area contributed by atoms with Crippen LogP contribution < -0.4 is 14.2 Å². The lowest BCUT2D eigenvalue weighted by atomic mass is 10.3. The summed E-state index contributed by atoms with van der Waals surface area (Å²) in [6.45, 7) is 0. The Morgan fingerprint density at radius 2 is 1.91 bits per heavy atom. The number of methoxy groups -OCH3 is 2. The molecule has 0 saturated carbocycles. The first kappa shape index (κ1) is 17.3. The summed E-state index contributed by atoms with van der Waals surface area (Å²) in [5.74, 6) is -0.119. The maximum absolute atomic E-state index is 12.5. The third kappa shape index (κ3) is 3.65. The van der Waals surface area contributed by atoms with Gasteiger partial charge in [0.05, 0.1) is 37.1 Å². The van der Waals surface area contributed by atoms with Crippen molar-refractivity contribution >= 4 is 31.5 Å². The van der Waals surface area contributed by atoms with Crippen LogP contribution >= 0.6 is 11.6 Å². The van der Waals surface area contributed by atoms with Gasteiger partial charge in [0, 0.05) is 6.07 Å². The molecule has 1 aliphatic rings. The van der Waals surface area contributed by atoms with E-state index >= 15 is 0 Å². The van der Waals surface area contributed by atoms with Crippen LogP contribution in [-0.2, 0) is 19.9 Å². The molecule has 0 spiro atoms. The standard InChI is InChI=1S/C12H16ClNO6S2/c1-19-8-3-4-11(20-2)12(5-8)22(17,18)14-10-7-21(15,16)6-9(10)13/h3-5,9-10,14H,6-7H2,1-2H3/t9-,10-/m0/s1. The molecule has 1 fully saturated rings. The van der Waals surface area contributed by atoms with Gasteiger partial charge < -0.3 is 9.47 Å². The van der Waals surface area contributed by atoms with Crippen molar-refractivity contribution < 1.29 is 26.3 Å². The lowest BCUT2D eigenvalue weighted by molar-refractivity contribution is 0.391. The Morgan fingerprint density at radius 1 is 1.23 bits per heavy atom. The molecule has 10 heteroatoms. The van der Waals surface area contributed by atoms with Crippen molar-refractivity contribution in [2.45, 2.75) is 16.3 Å². The van der Waals surface area contributed by atoms with Crippen LogP contribution in [0.4, 0.5) is 0 Å². The van der Waals surface area contributed by atoms with E-state index in [0.717, 1.165) is 0 Å². The molecular weight excluding hydrogens is 354 g/mol. The Labute approximate surface area is 134 Å². The molecule has 2 rings (SSSR count). The van der Waals surface area contributed by atoms with Crippen LogP contribution in [0.5, 0.6) is 11.5 Å². The monoisotopic (exact) mass is 369 g/mol. The number of sulfone groups is 1. The number of rotatable bonds is 5. The second kappa shape index (κ2) is 6.23. The minimum atomic E-state index is -4.01. The van der Waals surface area contributed by atoms with Gasteiger partial charge in [-0.25, -0.2) is 21.6 Å². The van der Waals surface area contributed by atoms with E-state index < -0.39 is 31.3 Å². The zero-order chi connectivity index (χ0) is 16.5. The van der Waals surface area contributed by atoms with Crippen molar-refractivity contribution in [2.75, 3.05) is 25.7 Å². The van der Waals surface area contributed by atoms with Crippen LogP contribution in [0, 0.1) is 0 Å². The van der Waals surface area contributed by atoms with Gasteiger partial charge in [0.15, 0.2) is 9.84 Å². The Balaban J connectivity index is 2.35. The molecule has 1 aromatic rings. The Kier molecular flexibility index (Phi) is 4.90. The van der Waals surface area contributed by atoms with Gasteiger partial charge in [-0.1, -0.05) is 0 Å². The van der Waals surface area contributed by atoms with Crippen LogP contribution in [0.3, 0.4) is 0 Å². The topological polar surface area (TPSA) is 98.8 Å². The second-order valence-corrected chi connectivity index (χ2v) is 9.23. The minimum absolute atomic E-state index is 0.125. The van der Waals surface area contributed by atoms with E-state index in [1.807, 2.05) is 0 Å². The summed E-state index contributed by atoms with van der Waals surface area (Å²) in [5, 5.41) is -0.809. The van der Waals surface area contributed by atoms with Gasteiger partial charge in [-0.2, -0.15) is 0 Å². The Morgan fingerprint density at radius 3 is 2.41 bits per heavy atom. The van der Waals surface area contributed by atoms with Crippen molar-refractivity contribution in [3.05, 3.63) is 18.2 Å². The quantitative estimate of drug-likeness (QED) is 0.754. The van der Waals surface area contributed by atoms with E-state index in [4.69, 9.17) is 21.1 Å². The van der Waals surface area contributed by atoms with Gasteiger partial charge in [-0.3, -0.25) is 0 Å². The average Bonchev–Trinajstić information content (AvgIpc) is 2.69. The number of hydrogen-bond acceptors (Lipinski definition) is 6. The average molecular weight is 370 g/mol. The van der Waals surface area contributed by atoms with Gasteiger partial charge in [0.2, 0.25) is 10.0 Å². The van der Waals surface area contributed by atoms with Crippen molar-refractivity contribution in [1.82, 2.24) is 4.72 Å². The molecule has 0 radical (unpaired) electrons. The first-order chi connectivity index (χ1) is 10.2. The van der Waals surface area contributed by atoms with Crippen molar-refractivity contribution in [2.24, 2.45) is 0 Å². The van der Waals surface area contributed by atoms with Crippen molar-refractivity contribution in [3.8, 4) is 11.5 Å². The van der Waals surface area contributed by atoms with Gasteiger partial charge >= 0.3 is 0 Å². The summed E-state index contributed by atoms with van der Waals surface area (Å²) in [7, 11) is -4.60. The molecule has 0 aliphatic carbocycles. The van der Waals surface area contributed by atoms with E-state index in [1.165, 1.54) is 26.4 Å². The maximum atomic E-state index is 12.5. The number of halogens is 1. The molecule has 1 aromatic carbocycles. The smallest absolute Gasteiger partial charge is 0.244 e. The number of hydrogen-bond donors (Lipinski definition) is 1. The van der Waals surface area contributed by atoms with Crippen LogP contribution in [-0.4, -0.2) is 54.0 Å². The van der Waals surface area contributed by atoms with E-state index in [1.54, 1.807) is 6.07 Å². The Hall–Kier alpha value is -1.03. The summed E-state index contributed by atoms with van der Waals surface area (Å²) in [4.78, 5) is -0.137. The summed E-state index contributed by atoms with van der Waals surface area (Å²) in [6, 6.07) is 3.43. The van der Waals surface area contributed by atoms with Crippen LogP contribution in [0.25, 0.3) is 0 Å². The third-order valence-electron chi connectivity index (χ3n) is 3.25. The van der Waals surface area contributed by atoms with Gasteiger partial charge in [-0.05, 0) is 12.1 Å². The molecule has 22 heavy (non-hydrogen) atoms. The molecule has 2 atom stereocenters. The summed E-state index contributed by atoms with van der Waals surface area (Å²) < 4.78 is 60.4. The molecule has 1 heterocycles. The Bertz CT molecular complexity index is 762. The fraction of sp³-hybridized carbons (Fsp3) is 0.500. The van der Waals surface area contributed by atoms with E-state index in [2.05, 4.69) is 4.72 Å². The normalized spacial score (nSPS) is 24.1. The number of nitrogens with one attached hydrogen (secondary N) is 1. The molecule has 1 aliphatic heterocycles. The van der Waals surface area contributed by atoms with Crippen LogP contribution in [0.2, 0.25) is 0 Å². The van der Waals surface area contributed by atoms with Crippen molar-refractivity contribution in [1.29, 1.82) is 0 Å². The van der Waals surface area contributed by atoms with Gasteiger partial charge in [0.25, 0.3) is 0 Å². The predicted octanol–water partition coefficient (Wildman–Crippen LogP) is 0.387. The number of sulfonamides is 1. The SMILES string of the molecule is COc1ccc(OC)c(S(=O)(=O)N[C@H]2CS(=O)(=O)C[C@@H]2Cl)c1. The fourth-order valence-electron chi connectivity index (χ4n) is 2.17. The zero-order valence-corrected chi connectivity index (χ0v) is 14.3. The minimum Gasteiger partial charge on any atom is -0.497 e. The maximum Gasteiger partial charge on any atom is 0.244 e. The highest BCUT2D eigenvalue weighted by atomic mass is 35.5. The van der Waals surface area contributed by atoms with Gasteiger partial charge in [-0.15, -0.1) is 11.6 Å². The first-order valence-electron chi connectivity index (χ1n) is 6.27.